The van der Waals surface area contributed by atoms with Crippen molar-refractivity contribution in [1.29, 1.82) is 0 Å². The second kappa shape index (κ2) is 7.49. The van der Waals surface area contributed by atoms with Crippen LogP contribution < -0.4 is 5.73 Å². The van der Waals surface area contributed by atoms with Gasteiger partial charge in [0.05, 0.1) is 0 Å². The molecule has 0 spiro atoms. The van der Waals surface area contributed by atoms with Crippen LogP contribution in [-0.4, -0.2) is 30.1 Å². The molecule has 0 atom stereocenters. The van der Waals surface area contributed by atoms with Gasteiger partial charge < -0.3 is 10.6 Å². The zero-order valence-corrected chi connectivity index (χ0v) is 12.2. The molecule has 2 aliphatic carbocycles. The minimum Gasteiger partial charge on any atom is -0.328 e. The standard InChI is InChI=1S/C16H32N2/c1-2-12-18(13-14-6-4-3-5-7-14)16-10-8-15(17)9-11-16/h14-16H,2-13,17H2,1H3. The molecule has 0 bridgehead atoms. The van der Waals surface area contributed by atoms with Gasteiger partial charge in [-0.1, -0.05) is 26.2 Å². The van der Waals surface area contributed by atoms with E-state index in [1.54, 1.807) is 0 Å². The van der Waals surface area contributed by atoms with Crippen molar-refractivity contribution in [3.8, 4) is 0 Å². The van der Waals surface area contributed by atoms with Crippen LogP contribution in [0.1, 0.15) is 71.1 Å². The van der Waals surface area contributed by atoms with Gasteiger partial charge in [0.2, 0.25) is 0 Å². The zero-order valence-electron chi connectivity index (χ0n) is 12.2. The highest BCUT2D eigenvalue weighted by Crippen LogP contribution is 2.28. The Labute approximate surface area is 113 Å². The molecule has 0 amide bonds. The molecule has 0 heterocycles. The third-order valence-electron chi connectivity index (χ3n) is 4.99. The SMILES string of the molecule is CCCN(CC1CCCCC1)C1CCC(N)CC1. The van der Waals surface area contributed by atoms with E-state index in [1.807, 2.05) is 0 Å². The quantitative estimate of drug-likeness (QED) is 0.811. The van der Waals surface area contributed by atoms with Gasteiger partial charge in [-0.2, -0.15) is 0 Å². The highest BCUT2D eigenvalue weighted by atomic mass is 15.2. The van der Waals surface area contributed by atoms with Crippen LogP contribution in [0.5, 0.6) is 0 Å². The Hall–Kier alpha value is -0.0800. The van der Waals surface area contributed by atoms with Crippen molar-refractivity contribution in [2.24, 2.45) is 11.7 Å². The second-order valence-corrected chi connectivity index (χ2v) is 6.57. The average Bonchev–Trinajstić information content (AvgIpc) is 2.40. The van der Waals surface area contributed by atoms with Gasteiger partial charge in [0.1, 0.15) is 0 Å². The Morgan fingerprint density at radius 2 is 1.61 bits per heavy atom. The maximum Gasteiger partial charge on any atom is 0.00965 e. The van der Waals surface area contributed by atoms with Gasteiger partial charge >= 0.3 is 0 Å². The van der Waals surface area contributed by atoms with Gasteiger partial charge in [-0.15, -0.1) is 0 Å². The van der Waals surface area contributed by atoms with Crippen molar-refractivity contribution in [3.05, 3.63) is 0 Å². The lowest BCUT2D eigenvalue weighted by Crippen LogP contribution is -2.43. The van der Waals surface area contributed by atoms with Crippen molar-refractivity contribution >= 4 is 0 Å². The third-order valence-corrected chi connectivity index (χ3v) is 4.99. The number of nitrogens with two attached hydrogens (primary N) is 1. The minimum atomic E-state index is 0.486. The lowest BCUT2D eigenvalue weighted by atomic mass is 9.86. The average molecular weight is 252 g/mol. The van der Waals surface area contributed by atoms with Gasteiger partial charge in [0.15, 0.2) is 0 Å². The summed E-state index contributed by atoms with van der Waals surface area (Å²) >= 11 is 0. The first-order valence-corrected chi connectivity index (χ1v) is 8.29. The molecule has 2 N–H and O–H groups in total. The van der Waals surface area contributed by atoms with Crippen LogP contribution in [0.2, 0.25) is 0 Å². The molecular formula is C16H32N2. The fourth-order valence-corrected chi connectivity index (χ4v) is 3.88. The van der Waals surface area contributed by atoms with Crippen molar-refractivity contribution in [1.82, 2.24) is 4.90 Å². The topological polar surface area (TPSA) is 29.3 Å². The van der Waals surface area contributed by atoms with E-state index >= 15 is 0 Å². The molecule has 2 rings (SSSR count). The van der Waals surface area contributed by atoms with Crippen LogP contribution in [0.25, 0.3) is 0 Å². The van der Waals surface area contributed by atoms with E-state index in [-0.39, 0.29) is 0 Å². The van der Waals surface area contributed by atoms with Crippen molar-refractivity contribution in [2.75, 3.05) is 13.1 Å². The van der Waals surface area contributed by atoms with Gasteiger partial charge in [-0.3, -0.25) is 0 Å². The van der Waals surface area contributed by atoms with Crippen molar-refractivity contribution < 1.29 is 0 Å². The molecule has 2 nitrogen and oxygen atoms in total. The van der Waals surface area contributed by atoms with Crippen LogP contribution in [0.3, 0.4) is 0 Å². The normalized spacial score (nSPS) is 30.8. The van der Waals surface area contributed by atoms with E-state index in [1.165, 1.54) is 77.3 Å². The Bertz CT molecular complexity index is 215. The number of rotatable bonds is 5. The summed E-state index contributed by atoms with van der Waals surface area (Å²) in [6, 6.07) is 1.33. The molecule has 2 saturated carbocycles. The van der Waals surface area contributed by atoms with Crippen LogP contribution >= 0.6 is 0 Å². The number of nitrogens with zero attached hydrogens (tertiary/aromatic N) is 1. The highest BCUT2D eigenvalue weighted by molar-refractivity contribution is 4.82. The molecule has 0 saturated heterocycles. The lowest BCUT2D eigenvalue weighted by Gasteiger charge is -2.38. The smallest absolute Gasteiger partial charge is 0.00965 e. The molecule has 106 valence electrons. The van der Waals surface area contributed by atoms with E-state index in [2.05, 4.69) is 11.8 Å². The Morgan fingerprint density at radius 3 is 2.22 bits per heavy atom. The predicted molar refractivity (Wildman–Crippen MR) is 78.7 cm³/mol. The molecule has 0 aromatic heterocycles. The molecule has 18 heavy (non-hydrogen) atoms. The fraction of sp³-hybridized carbons (Fsp3) is 1.00. The molecule has 2 heteroatoms. The van der Waals surface area contributed by atoms with E-state index in [0.717, 1.165) is 12.0 Å². The van der Waals surface area contributed by atoms with E-state index in [9.17, 15) is 0 Å². The summed E-state index contributed by atoms with van der Waals surface area (Å²) in [6.07, 6.45) is 13.9. The minimum absolute atomic E-state index is 0.486. The molecule has 2 fully saturated rings. The molecule has 0 radical (unpaired) electrons. The highest BCUT2D eigenvalue weighted by Gasteiger charge is 2.26. The van der Waals surface area contributed by atoms with Crippen molar-refractivity contribution in [3.63, 3.8) is 0 Å². The van der Waals surface area contributed by atoms with Gasteiger partial charge in [-0.25, -0.2) is 0 Å². The first-order valence-electron chi connectivity index (χ1n) is 8.29. The zero-order chi connectivity index (χ0) is 12.8. The molecule has 0 unspecified atom stereocenters. The van der Waals surface area contributed by atoms with E-state index in [4.69, 9.17) is 5.73 Å². The molecule has 0 aromatic carbocycles. The second-order valence-electron chi connectivity index (χ2n) is 6.57. The summed E-state index contributed by atoms with van der Waals surface area (Å²) < 4.78 is 0. The first kappa shape index (κ1) is 14.3. The van der Waals surface area contributed by atoms with E-state index < -0.39 is 0 Å². The summed E-state index contributed by atoms with van der Waals surface area (Å²) in [6.45, 7) is 4.99. The lowest BCUT2D eigenvalue weighted by molar-refractivity contribution is 0.116. The van der Waals surface area contributed by atoms with Crippen LogP contribution in [0, 0.1) is 5.92 Å². The monoisotopic (exact) mass is 252 g/mol. The molecule has 0 aliphatic heterocycles. The summed E-state index contributed by atoms with van der Waals surface area (Å²) in [5, 5.41) is 0. The van der Waals surface area contributed by atoms with Gasteiger partial charge in [0, 0.05) is 18.6 Å². The summed E-state index contributed by atoms with van der Waals surface area (Å²) in [5.74, 6) is 0.987. The van der Waals surface area contributed by atoms with Gasteiger partial charge in [0.25, 0.3) is 0 Å². The Kier molecular flexibility index (Phi) is 5.97. The third kappa shape index (κ3) is 4.24. The summed E-state index contributed by atoms with van der Waals surface area (Å²) in [5.41, 5.74) is 6.04. The van der Waals surface area contributed by atoms with Gasteiger partial charge in [-0.05, 0) is 57.4 Å². The molecule has 0 aromatic rings. The number of hydrogen-bond donors (Lipinski definition) is 1. The van der Waals surface area contributed by atoms with Crippen molar-refractivity contribution in [2.45, 2.75) is 83.2 Å². The molecular weight excluding hydrogens is 220 g/mol. The number of hydrogen-bond acceptors (Lipinski definition) is 2. The summed E-state index contributed by atoms with van der Waals surface area (Å²) in [7, 11) is 0. The maximum absolute atomic E-state index is 6.04. The molecule has 2 aliphatic rings. The largest absolute Gasteiger partial charge is 0.328 e. The summed E-state index contributed by atoms with van der Waals surface area (Å²) in [4.78, 5) is 2.81. The van der Waals surface area contributed by atoms with Crippen LogP contribution in [-0.2, 0) is 0 Å². The van der Waals surface area contributed by atoms with E-state index in [0.29, 0.717) is 6.04 Å². The van der Waals surface area contributed by atoms with Crippen LogP contribution in [0.15, 0.2) is 0 Å². The predicted octanol–water partition coefficient (Wildman–Crippen LogP) is 3.55. The Balaban J connectivity index is 1.82. The maximum atomic E-state index is 6.04. The fourth-order valence-electron chi connectivity index (χ4n) is 3.88. The Morgan fingerprint density at radius 1 is 0.944 bits per heavy atom. The first-order chi connectivity index (χ1) is 8.79. The van der Waals surface area contributed by atoms with Crippen LogP contribution in [0.4, 0.5) is 0 Å².